The molecule has 0 unspecified atom stereocenters. The number of nitro benzene ring substituents is 1. The maximum atomic E-state index is 13.0. The highest BCUT2D eigenvalue weighted by molar-refractivity contribution is 6.07. The van der Waals surface area contributed by atoms with Gasteiger partial charge in [0.25, 0.3) is 17.2 Å². The van der Waals surface area contributed by atoms with Crippen LogP contribution in [-0.4, -0.2) is 47.7 Å². The molecule has 168 valence electrons. The quantitative estimate of drug-likeness (QED) is 0.285. The first-order chi connectivity index (χ1) is 14.7. The Kier molecular flexibility index (Phi) is 7.91. The molecule has 2 aromatic rings. The van der Waals surface area contributed by atoms with Gasteiger partial charge in [-0.25, -0.2) is 4.79 Å². The smallest absolute Gasteiger partial charge is 0.330 e. The Bertz CT molecular complexity index is 1080. The zero-order valence-electron chi connectivity index (χ0n) is 17.6. The van der Waals surface area contributed by atoms with Crippen molar-refractivity contribution in [2.45, 2.75) is 26.3 Å². The number of aromatic amines is 1. The fourth-order valence-electron chi connectivity index (χ4n) is 2.99. The van der Waals surface area contributed by atoms with Gasteiger partial charge in [-0.1, -0.05) is 13.3 Å². The number of aromatic nitrogens is 2. The molecule has 1 heterocycles. The summed E-state index contributed by atoms with van der Waals surface area (Å²) in [6.07, 6.45) is 1.44. The molecule has 4 N–H and O–H groups in total. The number of methoxy groups -OCH3 is 1. The lowest BCUT2D eigenvalue weighted by atomic mass is 10.1. The van der Waals surface area contributed by atoms with Gasteiger partial charge in [-0.15, -0.1) is 0 Å². The van der Waals surface area contributed by atoms with Crippen LogP contribution in [0.3, 0.4) is 0 Å². The van der Waals surface area contributed by atoms with Crippen LogP contribution >= 0.6 is 0 Å². The van der Waals surface area contributed by atoms with Gasteiger partial charge in [0.15, 0.2) is 5.69 Å². The minimum Gasteiger partial charge on any atom is -0.383 e. The maximum Gasteiger partial charge on any atom is 0.330 e. The number of anilines is 3. The molecule has 2 rings (SSSR count). The molecule has 0 bridgehead atoms. The van der Waals surface area contributed by atoms with Gasteiger partial charge in [0.1, 0.15) is 11.5 Å². The number of ether oxygens (including phenoxy) is 1. The minimum atomic E-state index is -0.821. The molecule has 31 heavy (non-hydrogen) atoms. The highest BCUT2D eigenvalue weighted by Crippen LogP contribution is 2.27. The number of nitro groups is 1. The number of hydrogen-bond acceptors (Lipinski definition) is 8. The van der Waals surface area contributed by atoms with Crippen molar-refractivity contribution < 1.29 is 14.5 Å². The first-order valence-corrected chi connectivity index (χ1v) is 9.64. The fourth-order valence-corrected chi connectivity index (χ4v) is 2.99. The van der Waals surface area contributed by atoms with E-state index in [4.69, 9.17) is 10.5 Å². The lowest BCUT2D eigenvalue weighted by Crippen LogP contribution is -2.39. The van der Waals surface area contributed by atoms with Crippen molar-refractivity contribution in [1.29, 1.82) is 0 Å². The highest BCUT2D eigenvalue weighted by atomic mass is 16.6. The largest absolute Gasteiger partial charge is 0.383 e. The Morgan fingerprint density at radius 3 is 2.71 bits per heavy atom. The van der Waals surface area contributed by atoms with E-state index in [1.165, 1.54) is 30.9 Å². The second-order valence-electron chi connectivity index (χ2n) is 6.77. The van der Waals surface area contributed by atoms with E-state index in [9.17, 15) is 24.5 Å². The number of unbranched alkanes of at least 4 members (excludes halogenated alkanes) is 1. The molecule has 0 atom stereocenters. The highest BCUT2D eigenvalue weighted by Gasteiger charge is 2.24. The van der Waals surface area contributed by atoms with Crippen molar-refractivity contribution in [1.82, 2.24) is 9.55 Å². The van der Waals surface area contributed by atoms with Crippen LogP contribution in [0.2, 0.25) is 0 Å². The molecular formula is C19H26N6O6. The first-order valence-electron chi connectivity index (χ1n) is 9.64. The third kappa shape index (κ3) is 5.28. The van der Waals surface area contributed by atoms with Crippen molar-refractivity contribution in [3.8, 4) is 0 Å². The van der Waals surface area contributed by atoms with Crippen molar-refractivity contribution >= 4 is 28.8 Å². The molecule has 0 aliphatic carbocycles. The van der Waals surface area contributed by atoms with Crippen molar-refractivity contribution in [3.05, 3.63) is 54.7 Å². The van der Waals surface area contributed by atoms with Gasteiger partial charge < -0.3 is 20.7 Å². The summed E-state index contributed by atoms with van der Waals surface area (Å²) in [5.41, 5.74) is 4.25. The second kappa shape index (κ2) is 10.4. The predicted octanol–water partition coefficient (Wildman–Crippen LogP) is 1.16. The maximum absolute atomic E-state index is 13.0. The number of nitrogens with two attached hydrogens (primary N) is 1. The fraction of sp³-hybridized carbons (Fsp3) is 0.421. The number of benzene rings is 1. The molecule has 0 saturated heterocycles. The standard InChI is InChI=1S/C19H26N6O6/c1-4-5-9-24-16(20)15(17(26)22-19(24)28)23(2)18(27)12-6-7-13(21-8-10-31-3)14(11-12)25(29)30/h6-7,11,21H,4-5,8-10,20H2,1-3H3,(H,22,26,28). The third-order valence-electron chi connectivity index (χ3n) is 4.65. The van der Waals surface area contributed by atoms with Gasteiger partial charge in [0.2, 0.25) is 0 Å². The number of nitrogens with one attached hydrogen (secondary N) is 2. The van der Waals surface area contributed by atoms with Gasteiger partial charge in [-0.05, 0) is 18.6 Å². The average molecular weight is 434 g/mol. The van der Waals surface area contributed by atoms with Crippen molar-refractivity contribution in [2.24, 2.45) is 0 Å². The number of carbonyl (C=O) groups excluding carboxylic acids is 1. The van der Waals surface area contributed by atoms with E-state index in [0.29, 0.717) is 19.6 Å². The van der Waals surface area contributed by atoms with Gasteiger partial charge in [0, 0.05) is 38.9 Å². The van der Waals surface area contributed by atoms with Crippen LogP contribution in [0, 0.1) is 10.1 Å². The Morgan fingerprint density at radius 1 is 1.39 bits per heavy atom. The van der Waals surface area contributed by atoms with Crippen molar-refractivity contribution in [2.75, 3.05) is 43.3 Å². The minimum absolute atomic E-state index is 0.0170. The average Bonchev–Trinajstić information content (AvgIpc) is 2.73. The third-order valence-corrected chi connectivity index (χ3v) is 4.65. The Hall–Kier alpha value is -3.67. The van der Waals surface area contributed by atoms with E-state index >= 15 is 0 Å². The molecule has 0 saturated carbocycles. The summed E-state index contributed by atoms with van der Waals surface area (Å²) in [4.78, 5) is 51.4. The normalized spacial score (nSPS) is 10.7. The molecule has 12 heteroatoms. The molecular weight excluding hydrogens is 408 g/mol. The van der Waals surface area contributed by atoms with Gasteiger partial charge in [-0.2, -0.15) is 0 Å². The van der Waals surface area contributed by atoms with Crippen LogP contribution in [0.25, 0.3) is 0 Å². The molecule has 1 amide bonds. The predicted molar refractivity (Wildman–Crippen MR) is 117 cm³/mol. The molecule has 0 fully saturated rings. The van der Waals surface area contributed by atoms with Gasteiger partial charge >= 0.3 is 5.69 Å². The Balaban J connectivity index is 2.43. The molecule has 0 spiro atoms. The van der Waals surface area contributed by atoms with E-state index in [0.717, 1.165) is 17.4 Å². The Morgan fingerprint density at radius 2 is 2.10 bits per heavy atom. The van der Waals surface area contributed by atoms with E-state index < -0.39 is 22.1 Å². The molecule has 0 aliphatic rings. The first kappa shape index (κ1) is 23.6. The zero-order chi connectivity index (χ0) is 23.1. The number of H-pyrrole nitrogens is 1. The molecule has 0 radical (unpaired) electrons. The van der Waals surface area contributed by atoms with Gasteiger partial charge in [0.05, 0.1) is 11.5 Å². The summed E-state index contributed by atoms with van der Waals surface area (Å²) in [5.74, 6) is -0.838. The van der Waals surface area contributed by atoms with E-state index in [1.807, 2.05) is 6.92 Å². The second-order valence-corrected chi connectivity index (χ2v) is 6.77. The van der Waals surface area contributed by atoms with E-state index in [2.05, 4.69) is 10.3 Å². The number of amides is 1. The number of nitrogens with zero attached hydrogens (tertiary/aromatic N) is 3. The van der Waals surface area contributed by atoms with Gasteiger partial charge in [-0.3, -0.25) is 29.3 Å². The summed E-state index contributed by atoms with van der Waals surface area (Å²) in [6, 6.07) is 3.93. The number of nitrogen functional groups attached to an aromatic ring is 1. The van der Waals surface area contributed by atoms with Crippen LogP contribution in [0.5, 0.6) is 0 Å². The number of hydrogen-bond donors (Lipinski definition) is 3. The summed E-state index contributed by atoms with van der Waals surface area (Å²) >= 11 is 0. The van der Waals surface area contributed by atoms with Crippen LogP contribution in [-0.2, 0) is 11.3 Å². The molecule has 1 aromatic carbocycles. The zero-order valence-corrected chi connectivity index (χ0v) is 17.6. The molecule has 1 aromatic heterocycles. The molecule has 0 aliphatic heterocycles. The number of carbonyl (C=O) groups is 1. The summed E-state index contributed by atoms with van der Waals surface area (Å²) in [7, 11) is 2.82. The lowest BCUT2D eigenvalue weighted by Gasteiger charge is -2.20. The summed E-state index contributed by atoms with van der Waals surface area (Å²) in [5, 5.41) is 14.3. The van der Waals surface area contributed by atoms with E-state index in [-0.39, 0.29) is 35.0 Å². The monoisotopic (exact) mass is 434 g/mol. The topological polar surface area (TPSA) is 166 Å². The van der Waals surface area contributed by atoms with Crippen molar-refractivity contribution in [3.63, 3.8) is 0 Å². The lowest BCUT2D eigenvalue weighted by molar-refractivity contribution is -0.384. The van der Waals surface area contributed by atoms with E-state index in [1.54, 1.807) is 0 Å². The number of rotatable bonds is 10. The van der Waals surface area contributed by atoms with Crippen LogP contribution in [0.4, 0.5) is 22.9 Å². The van der Waals surface area contributed by atoms with Crippen LogP contribution < -0.4 is 27.2 Å². The van der Waals surface area contributed by atoms with Crippen LogP contribution in [0.15, 0.2) is 27.8 Å². The Labute approximate surface area is 177 Å². The summed E-state index contributed by atoms with van der Waals surface area (Å²) < 4.78 is 6.10. The summed E-state index contributed by atoms with van der Waals surface area (Å²) in [6.45, 7) is 2.90. The van der Waals surface area contributed by atoms with Crippen LogP contribution in [0.1, 0.15) is 30.1 Å². The SMILES string of the molecule is CCCCn1c(N)c(N(C)C(=O)c2ccc(NCCOC)c([N+](=O)[O-])c2)c(=O)[nH]c1=O. The molecule has 12 nitrogen and oxygen atoms in total.